The third-order valence-corrected chi connectivity index (χ3v) is 5.62. The highest BCUT2D eigenvalue weighted by Crippen LogP contribution is 2.41. The van der Waals surface area contributed by atoms with E-state index in [9.17, 15) is 9.18 Å². The molecule has 146 valence electrons. The van der Waals surface area contributed by atoms with E-state index in [1.165, 1.54) is 6.07 Å². The first-order chi connectivity index (χ1) is 13.5. The summed E-state index contributed by atoms with van der Waals surface area (Å²) in [5.74, 6) is -0.421. The third-order valence-electron chi connectivity index (χ3n) is 5.62. The molecule has 2 heterocycles. The van der Waals surface area contributed by atoms with E-state index >= 15 is 0 Å². The molecular formula is C21H23FN4O2. The Morgan fingerprint density at radius 1 is 1.32 bits per heavy atom. The van der Waals surface area contributed by atoms with Gasteiger partial charge in [-0.3, -0.25) is 9.48 Å². The van der Waals surface area contributed by atoms with Gasteiger partial charge in [-0.25, -0.2) is 4.39 Å². The Bertz CT molecular complexity index is 1000. The Labute approximate surface area is 162 Å². The molecule has 1 aliphatic rings. The van der Waals surface area contributed by atoms with Crippen molar-refractivity contribution >= 4 is 5.91 Å². The van der Waals surface area contributed by atoms with E-state index in [0.717, 1.165) is 36.9 Å². The monoisotopic (exact) mass is 382 g/mol. The normalized spacial score (nSPS) is 15.7. The molecule has 0 unspecified atom stereocenters. The smallest absolute Gasteiger partial charge is 0.289 e. The highest BCUT2D eigenvalue weighted by Gasteiger charge is 2.38. The molecule has 0 aliphatic heterocycles. The van der Waals surface area contributed by atoms with Crippen LogP contribution in [-0.2, 0) is 12.5 Å². The number of carbonyl (C=O) groups excluding carboxylic acids is 1. The molecule has 28 heavy (non-hydrogen) atoms. The number of aryl methyl sites for hydroxylation is 2. The van der Waals surface area contributed by atoms with Gasteiger partial charge in [-0.2, -0.15) is 5.10 Å². The third kappa shape index (κ3) is 3.32. The molecule has 0 saturated heterocycles. The topological polar surface area (TPSA) is 73.0 Å². The van der Waals surface area contributed by atoms with Crippen LogP contribution in [0.2, 0.25) is 0 Å². The maximum Gasteiger partial charge on any atom is 0.289 e. The molecule has 0 bridgehead atoms. The van der Waals surface area contributed by atoms with Crippen LogP contribution < -0.4 is 5.32 Å². The maximum atomic E-state index is 14.4. The van der Waals surface area contributed by atoms with Gasteiger partial charge in [-0.15, -0.1) is 0 Å². The summed E-state index contributed by atoms with van der Waals surface area (Å²) >= 11 is 0. The molecule has 0 atom stereocenters. The molecule has 3 aromatic rings. The van der Waals surface area contributed by atoms with Crippen LogP contribution in [0.3, 0.4) is 0 Å². The Hall–Kier alpha value is -2.96. The number of amides is 1. The molecule has 1 aromatic carbocycles. The maximum absolute atomic E-state index is 14.4. The second-order valence-corrected chi connectivity index (χ2v) is 7.53. The van der Waals surface area contributed by atoms with Crippen LogP contribution in [0.4, 0.5) is 4.39 Å². The summed E-state index contributed by atoms with van der Waals surface area (Å²) in [4.78, 5) is 12.6. The van der Waals surface area contributed by atoms with Crippen molar-refractivity contribution in [2.75, 3.05) is 6.54 Å². The van der Waals surface area contributed by atoms with Crippen LogP contribution in [0.5, 0.6) is 0 Å². The van der Waals surface area contributed by atoms with Crippen molar-refractivity contribution in [3.63, 3.8) is 0 Å². The second-order valence-electron chi connectivity index (χ2n) is 7.53. The van der Waals surface area contributed by atoms with Crippen LogP contribution in [0.15, 0.2) is 41.1 Å². The molecule has 6 nitrogen and oxygen atoms in total. The Morgan fingerprint density at radius 2 is 2.07 bits per heavy atom. The highest BCUT2D eigenvalue weighted by atomic mass is 19.1. The minimum Gasteiger partial charge on any atom is -0.350 e. The lowest BCUT2D eigenvalue weighted by molar-refractivity contribution is 0.0905. The van der Waals surface area contributed by atoms with Gasteiger partial charge < -0.3 is 9.84 Å². The molecule has 1 N–H and O–H groups in total. The summed E-state index contributed by atoms with van der Waals surface area (Å²) in [6.07, 6.45) is 5.59. The van der Waals surface area contributed by atoms with E-state index in [4.69, 9.17) is 4.52 Å². The highest BCUT2D eigenvalue weighted by molar-refractivity contribution is 5.92. The summed E-state index contributed by atoms with van der Waals surface area (Å²) in [6.45, 7) is 2.25. The van der Waals surface area contributed by atoms with E-state index < -0.39 is 0 Å². The van der Waals surface area contributed by atoms with Gasteiger partial charge in [0, 0.05) is 36.8 Å². The van der Waals surface area contributed by atoms with Crippen molar-refractivity contribution in [1.29, 1.82) is 0 Å². The van der Waals surface area contributed by atoms with Crippen LogP contribution in [0, 0.1) is 12.7 Å². The van der Waals surface area contributed by atoms with Crippen molar-refractivity contribution in [3.05, 3.63) is 59.4 Å². The van der Waals surface area contributed by atoms with Gasteiger partial charge >= 0.3 is 0 Å². The zero-order valence-corrected chi connectivity index (χ0v) is 16.0. The van der Waals surface area contributed by atoms with Crippen molar-refractivity contribution < 1.29 is 13.7 Å². The molecule has 1 fully saturated rings. The fraction of sp³-hybridized carbons (Fsp3) is 0.381. The number of halogens is 1. The molecular weight excluding hydrogens is 359 g/mol. The predicted octanol–water partition coefficient (Wildman–Crippen LogP) is 3.76. The first kappa shape index (κ1) is 18.4. The van der Waals surface area contributed by atoms with Gasteiger partial charge in [0.1, 0.15) is 11.5 Å². The van der Waals surface area contributed by atoms with Crippen LogP contribution >= 0.6 is 0 Å². The lowest BCUT2D eigenvalue weighted by atomic mass is 9.78. The molecule has 4 rings (SSSR count). The van der Waals surface area contributed by atoms with E-state index in [2.05, 4.69) is 15.6 Å². The first-order valence-corrected chi connectivity index (χ1v) is 9.49. The van der Waals surface area contributed by atoms with E-state index in [1.54, 1.807) is 16.8 Å². The van der Waals surface area contributed by atoms with Gasteiger partial charge in [-0.05, 0) is 31.4 Å². The molecule has 1 saturated carbocycles. The first-order valence-electron chi connectivity index (χ1n) is 9.49. The van der Waals surface area contributed by atoms with Crippen molar-refractivity contribution in [1.82, 2.24) is 20.3 Å². The zero-order chi connectivity index (χ0) is 19.7. The van der Waals surface area contributed by atoms with Gasteiger partial charge in [-0.1, -0.05) is 36.2 Å². The summed E-state index contributed by atoms with van der Waals surface area (Å²) < 4.78 is 21.4. The molecule has 0 spiro atoms. The van der Waals surface area contributed by atoms with Gasteiger partial charge in [0.2, 0.25) is 5.76 Å². The summed E-state index contributed by atoms with van der Waals surface area (Å²) in [6, 6.07) is 8.46. The van der Waals surface area contributed by atoms with Gasteiger partial charge in [0.05, 0.1) is 5.69 Å². The lowest BCUT2D eigenvalue weighted by Crippen LogP contribution is -2.39. The van der Waals surface area contributed by atoms with E-state index in [-0.39, 0.29) is 22.9 Å². The fourth-order valence-corrected chi connectivity index (χ4v) is 4.18. The lowest BCUT2D eigenvalue weighted by Gasteiger charge is -2.30. The van der Waals surface area contributed by atoms with Crippen LogP contribution in [0.25, 0.3) is 11.3 Å². The van der Waals surface area contributed by atoms with Crippen LogP contribution in [-0.4, -0.2) is 27.4 Å². The zero-order valence-electron chi connectivity index (χ0n) is 16.0. The average molecular weight is 382 g/mol. The number of nitrogens with one attached hydrogen (secondary N) is 1. The molecule has 0 radical (unpaired) electrons. The number of hydrogen-bond acceptors (Lipinski definition) is 4. The number of rotatable bonds is 5. The van der Waals surface area contributed by atoms with Crippen molar-refractivity contribution in [2.45, 2.75) is 38.0 Å². The van der Waals surface area contributed by atoms with Gasteiger partial charge in [0.25, 0.3) is 5.91 Å². The van der Waals surface area contributed by atoms with Crippen molar-refractivity contribution in [2.24, 2.45) is 7.05 Å². The largest absolute Gasteiger partial charge is 0.350 e. The quantitative estimate of drug-likeness (QED) is 0.729. The summed E-state index contributed by atoms with van der Waals surface area (Å²) in [5, 5.41) is 11.2. The van der Waals surface area contributed by atoms with Gasteiger partial charge in [0.15, 0.2) is 0 Å². The van der Waals surface area contributed by atoms with Crippen LogP contribution in [0.1, 0.15) is 47.5 Å². The standard InChI is InChI=1S/C21H23FN4O2/c1-14-15(12-26(2)24-14)18-11-19(28-25-18)20(27)23-13-21(9-5-6-10-21)16-7-3-4-8-17(16)22/h3-4,7-8,11-12H,5-6,9-10,13H2,1-2H3,(H,23,27). The average Bonchev–Trinajstić information content (AvgIpc) is 3.40. The minimum atomic E-state index is -0.371. The molecule has 2 aromatic heterocycles. The molecule has 7 heteroatoms. The fourth-order valence-electron chi connectivity index (χ4n) is 4.18. The summed E-state index contributed by atoms with van der Waals surface area (Å²) in [5.41, 5.74) is 2.51. The predicted molar refractivity (Wildman–Crippen MR) is 102 cm³/mol. The van der Waals surface area contributed by atoms with Crippen molar-refractivity contribution in [3.8, 4) is 11.3 Å². The number of aromatic nitrogens is 3. The minimum absolute atomic E-state index is 0.139. The Morgan fingerprint density at radius 3 is 2.75 bits per heavy atom. The molecule has 1 aliphatic carbocycles. The number of carbonyl (C=O) groups is 1. The second kappa shape index (κ2) is 7.22. The summed E-state index contributed by atoms with van der Waals surface area (Å²) in [7, 11) is 1.83. The Balaban J connectivity index is 1.51. The van der Waals surface area contributed by atoms with E-state index in [0.29, 0.717) is 17.8 Å². The molecule has 1 amide bonds. The number of nitrogens with zero attached hydrogens (tertiary/aromatic N) is 3. The van der Waals surface area contributed by atoms with E-state index in [1.807, 2.05) is 32.3 Å². The number of hydrogen-bond donors (Lipinski definition) is 1. The Kier molecular flexibility index (Phi) is 4.75. The number of benzene rings is 1. The SMILES string of the molecule is Cc1nn(C)cc1-c1cc(C(=O)NCC2(c3ccccc3F)CCCC2)on1.